The van der Waals surface area contributed by atoms with Gasteiger partial charge in [-0.2, -0.15) is 0 Å². The van der Waals surface area contributed by atoms with Crippen molar-refractivity contribution in [2.45, 2.75) is 27.7 Å². The zero-order chi connectivity index (χ0) is 19.6. The summed E-state index contributed by atoms with van der Waals surface area (Å²) in [5.41, 5.74) is 8.20. The molecular weight excluding hydrogens is 336 g/mol. The van der Waals surface area contributed by atoms with Gasteiger partial charge in [0.25, 0.3) is 0 Å². The minimum Gasteiger partial charge on any atom is -0.465 e. The van der Waals surface area contributed by atoms with Crippen molar-refractivity contribution >= 4 is 17.9 Å². The van der Waals surface area contributed by atoms with E-state index in [1.165, 1.54) is 18.2 Å². The third-order valence-electron chi connectivity index (χ3n) is 4.58. The lowest BCUT2D eigenvalue weighted by atomic mass is 10.1. The first-order valence-corrected chi connectivity index (χ1v) is 8.89. The maximum atomic E-state index is 11.6. The molecule has 0 fully saturated rings. The Morgan fingerprint density at radius 2 is 1.59 bits per heavy atom. The number of rotatable bonds is 4. The SMILES string of the molecule is COC(=O)c1ccc(-n2c(C)cc(C=Nc3cc(C)cc(C)c3)c2C)cc1. The average molecular weight is 360 g/mol. The van der Waals surface area contributed by atoms with Gasteiger partial charge in [-0.3, -0.25) is 4.99 Å². The quantitative estimate of drug-likeness (QED) is 0.471. The Morgan fingerprint density at radius 3 is 2.19 bits per heavy atom. The number of hydrogen-bond acceptors (Lipinski definition) is 3. The van der Waals surface area contributed by atoms with E-state index in [4.69, 9.17) is 4.74 Å². The first-order chi connectivity index (χ1) is 12.9. The zero-order valence-corrected chi connectivity index (χ0v) is 16.4. The molecule has 1 aromatic heterocycles. The number of benzene rings is 2. The van der Waals surface area contributed by atoms with Crippen molar-refractivity contribution in [3.63, 3.8) is 0 Å². The Hall–Kier alpha value is -3.14. The molecule has 0 atom stereocenters. The van der Waals surface area contributed by atoms with Gasteiger partial charge >= 0.3 is 5.97 Å². The summed E-state index contributed by atoms with van der Waals surface area (Å²) in [7, 11) is 1.39. The van der Waals surface area contributed by atoms with Crippen LogP contribution in [-0.2, 0) is 4.74 Å². The number of methoxy groups -OCH3 is 1. The van der Waals surface area contributed by atoms with Crippen LogP contribution in [0.4, 0.5) is 5.69 Å². The van der Waals surface area contributed by atoms with E-state index in [0.717, 1.165) is 28.3 Å². The van der Waals surface area contributed by atoms with E-state index in [-0.39, 0.29) is 5.97 Å². The Labute approximate surface area is 160 Å². The van der Waals surface area contributed by atoms with E-state index in [2.05, 4.69) is 61.5 Å². The lowest BCUT2D eigenvalue weighted by Gasteiger charge is -2.10. The Kier molecular flexibility index (Phi) is 5.26. The largest absolute Gasteiger partial charge is 0.465 e. The summed E-state index contributed by atoms with van der Waals surface area (Å²) in [6, 6.07) is 15.8. The molecule has 27 heavy (non-hydrogen) atoms. The van der Waals surface area contributed by atoms with Crippen LogP contribution in [0.3, 0.4) is 0 Å². The third kappa shape index (κ3) is 4.00. The average Bonchev–Trinajstić information content (AvgIpc) is 2.92. The minimum absolute atomic E-state index is 0.330. The van der Waals surface area contributed by atoms with Crippen molar-refractivity contribution < 1.29 is 9.53 Å². The molecule has 138 valence electrons. The van der Waals surface area contributed by atoms with Gasteiger partial charge in [-0.1, -0.05) is 6.07 Å². The van der Waals surface area contributed by atoms with E-state index in [9.17, 15) is 4.79 Å². The molecule has 0 aliphatic carbocycles. The second kappa shape index (κ2) is 7.62. The van der Waals surface area contributed by atoms with Crippen LogP contribution in [0.1, 0.15) is 38.4 Å². The molecule has 0 unspecified atom stereocenters. The molecule has 1 heterocycles. The summed E-state index contributed by atoms with van der Waals surface area (Å²) < 4.78 is 6.92. The summed E-state index contributed by atoms with van der Waals surface area (Å²) in [5, 5.41) is 0. The minimum atomic E-state index is -0.330. The van der Waals surface area contributed by atoms with Gasteiger partial charge in [0.05, 0.1) is 18.4 Å². The van der Waals surface area contributed by atoms with Crippen LogP contribution in [-0.4, -0.2) is 23.9 Å². The number of aryl methyl sites for hydroxylation is 3. The summed E-state index contributed by atoms with van der Waals surface area (Å²) in [5.74, 6) is -0.330. The molecule has 0 amide bonds. The number of esters is 1. The molecule has 0 aliphatic heterocycles. The number of hydrogen-bond donors (Lipinski definition) is 0. The molecule has 0 saturated carbocycles. The van der Waals surface area contributed by atoms with Gasteiger partial charge < -0.3 is 9.30 Å². The number of nitrogens with zero attached hydrogens (tertiary/aromatic N) is 2. The van der Waals surface area contributed by atoms with Gasteiger partial charge in [0.2, 0.25) is 0 Å². The van der Waals surface area contributed by atoms with Crippen LogP contribution >= 0.6 is 0 Å². The lowest BCUT2D eigenvalue weighted by Crippen LogP contribution is -2.03. The second-order valence-electron chi connectivity index (χ2n) is 6.80. The first-order valence-electron chi connectivity index (χ1n) is 8.89. The van der Waals surface area contributed by atoms with Crippen LogP contribution in [0.15, 0.2) is 53.5 Å². The van der Waals surface area contributed by atoms with Gasteiger partial charge in [0.1, 0.15) is 0 Å². The molecule has 3 rings (SSSR count). The fourth-order valence-corrected chi connectivity index (χ4v) is 3.35. The normalized spacial score (nSPS) is 11.1. The highest BCUT2D eigenvalue weighted by atomic mass is 16.5. The highest BCUT2D eigenvalue weighted by Gasteiger charge is 2.11. The molecule has 4 heteroatoms. The van der Waals surface area contributed by atoms with Crippen LogP contribution < -0.4 is 0 Å². The topological polar surface area (TPSA) is 43.6 Å². The van der Waals surface area contributed by atoms with Crippen molar-refractivity contribution in [3.8, 4) is 5.69 Å². The molecule has 0 bridgehead atoms. The molecule has 0 saturated heterocycles. The van der Waals surface area contributed by atoms with Gasteiger partial charge in [-0.25, -0.2) is 4.79 Å². The van der Waals surface area contributed by atoms with Crippen molar-refractivity contribution in [3.05, 3.63) is 82.2 Å². The lowest BCUT2D eigenvalue weighted by molar-refractivity contribution is 0.0601. The molecule has 2 aromatic carbocycles. The molecule has 0 radical (unpaired) electrons. The summed E-state index contributed by atoms with van der Waals surface area (Å²) in [4.78, 5) is 16.3. The second-order valence-corrected chi connectivity index (χ2v) is 6.80. The number of ether oxygens (including phenoxy) is 1. The van der Waals surface area contributed by atoms with E-state index in [0.29, 0.717) is 5.56 Å². The summed E-state index contributed by atoms with van der Waals surface area (Å²) >= 11 is 0. The Morgan fingerprint density at radius 1 is 0.963 bits per heavy atom. The monoisotopic (exact) mass is 360 g/mol. The molecule has 0 spiro atoms. The number of carbonyl (C=O) groups is 1. The van der Waals surface area contributed by atoms with Gasteiger partial charge in [0.15, 0.2) is 0 Å². The number of carbonyl (C=O) groups excluding carboxylic acids is 1. The van der Waals surface area contributed by atoms with E-state index >= 15 is 0 Å². The highest BCUT2D eigenvalue weighted by molar-refractivity contribution is 5.89. The van der Waals surface area contributed by atoms with Crippen LogP contribution in [0, 0.1) is 27.7 Å². The van der Waals surface area contributed by atoms with E-state index in [1.54, 1.807) is 12.1 Å². The molecular formula is C23H24N2O2. The van der Waals surface area contributed by atoms with Crippen molar-refractivity contribution in [1.82, 2.24) is 4.57 Å². The fraction of sp³-hybridized carbons (Fsp3) is 0.217. The van der Waals surface area contributed by atoms with Crippen molar-refractivity contribution in [1.29, 1.82) is 0 Å². The standard InChI is InChI=1S/C23H24N2O2/c1-15-10-16(2)12-21(11-15)24-14-20-13-17(3)25(18(20)4)22-8-6-19(7-9-22)23(26)27-5/h6-14H,1-5H3. The number of aromatic nitrogens is 1. The third-order valence-corrected chi connectivity index (χ3v) is 4.58. The molecule has 3 aromatic rings. The molecule has 0 N–H and O–H groups in total. The van der Waals surface area contributed by atoms with Gasteiger partial charge in [0, 0.05) is 28.9 Å². The molecule has 4 nitrogen and oxygen atoms in total. The fourth-order valence-electron chi connectivity index (χ4n) is 3.35. The first kappa shape index (κ1) is 18.6. The summed E-state index contributed by atoms with van der Waals surface area (Å²) in [6.07, 6.45) is 1.91. The van der Waals surface area contributed by atoms with Crippen molar-refractivity contribution in [2.75, 3.05) is 7.11 Å². The van der Waals surface area contributed by atoms with Crippen molar-refractivity contribution in [2.24, 2.45) is 4.99 Å². The maximum absolute atomic E-state index is 11.6. The number of aliphatic imine (C=N–C) groups is 1. The van der Waals surface area contributed by atoms with Gasteiger partial charge in [-0.05, 0) is 81.3 Å². The smallest absolute Gasteiger partial charge is 0.337 e. The van der Waals surface area contributed by atoms with Crippen LogP contribution in [0.5, 0.6) is 0 Å². The molecule has 0 aliphatic rings. The van der Waals surface area contributed by atoms with Crippen LogP contribution in [0.2, 0.25) is 0 Å². The van der Waals surface area contributed by atoms with E-state index in [1.807, 2.05) is 18.3 Å². The highest BCUT2D eigenvalue weighted by Crippen LogP contribution is 2.22. The maximum Gasteiger partial charge on any atom is 0.337 e. The van der Waals surface area contributed by atoms with E-state index < -0.39 is 0 Å². The predicted molar refractivity (Wildman–Crippen MR) is 110 cm³/mol. The van der Waals surface area contributed by atoms with Crippen LogP contribution in [0.25, 0.3) is 5.69 Å². The summed E-state index contributed by atoms with van der Waals surface area (Å²) in [6.45, 7) is 8.30. The zero-order valence-electron chi connectivity index (χ0n) is 16.4. The Balaban J connectivity index is 1.92. The Bertz CT molecular complexity index is 991. The van der Waals surface area contributed by atoms with Gasteiger partial charge in [-0.15, -0.1) is 0 Å². The predicted octanol–water partition coefficient (Wildman–Crippen LogP) is 5.25.